The number of esters is 1. The number of aryl methyl sites for hydroxylation is 2. The van der Waals surface area contributed by atoms with E-state index in [-0.39, 0.29) is 24.4 Å². The van der Waals surface area contributed by atoms with Gasteiger partial charge in [-0.2, -0.15) is 0 Å². The third-order valence-corrected chi connectivity index (χ3v) is 5.24. The molecule has 3 rings (SSSR count). The van der Waals surface area contributed by atoms with E-state index in [0.29, 0.717) is 29.4 Å². The summed E-state index contributed by atoms with van der Waals surface area (Å²) in [5.41, 5.74) is 2.54. The molecule has 0 spiro atoms. The monoisotopic (exact) mass is 374 g/mol. The van der Waals surface area contributed by atoms with Crippen LogP contribution in [0.4, 0.5) is 0 Å². The van der Waals surface area contributed by atoms with Crippen molar-refractivity contribution in [2.45, 2.75) is 39.2 Å². The number of carbonyl (C=O) groups excluding carboxylic acids is 1. The summed E-state index contributed by atoms with van der Waals surface area (Å²) in [6.07, 6.45) is 3.97. The molecule has 0 radical (unpaired) electrons. The van der Waals surface area contributed by atoms with E-state index < -0.39 is 0 Å². The standard InChI is InChI=1S/C19H26N4O4/c1-12-17(27-11-13-6-4-5-7-14(13)19(25)26-3)9-8-15(20-12)18-16(10-24)23(2)22-21-18/h8-9,13-14,24H,4-7,10-11H2,1-3H3/t13-,14+/m1/s1. The lowest BCUT2D eigenvalue weighted by molar-refractivity contribution is -0.149. The van der Waals surface area contributed by atoms with Crippen molar-refractivity contribution in [2.24, 2.45) is 18.9 Å². The van der Waals surface area contributed by atoms with Gasteiger partial charge in [0.05, 0.1) is 43.3 Å². The van der Waals surface area contributed by atoms with Crippen LogP contribution in [0.1, 0.15) is 37.1 Å². The Morgan fingerprint density at radius 3 is 2.81 bits per heavy atom. The Morgan fingerprint density at radius 2 is 2.11 bits per heavy atom. The highest BCUT2D eigenvalue weighted by atomic mass is 16.5. The molecule has 1 aliphatic rings. The molecule has 0 unspecified atom stereocenters. The van der Waals surface area contributed by atoms with E-state index in [1.54, 1.807) is 7.05 Å². The van der Waals surface area contributed by atoms with E-state index >= 15 is 0 Å². The predicted molar refractivity (Wildman–Crippen MR) is 97.9 cm³/mol. The molecule has 1 N–H and O–H groups in total. The van der Waals surface area contributed by atoms with Crippen molar-refractivity contribution in [1.82, 2.24) is 20.0 Å². The van der Waals surface area contributed by atoms with E-state index in [1.807, 2.05) is 19.1 Å². The van der Waals surface area contributed by atoms with E-state index in [4.69, 9.17) is 9.47 Å². The van der Waals surface area contributed by atoms with Gasteiger partial charge in [0.2, 0.25) is 0 Å². The Hall–Kier alpha value is -2.48. The molecule has 2 aromatic heterocycles. The summed E-state index contributed by atoms with van der Waals surface area (Å²) < 4.78 is 12.5. The fourth-order valence-corrected chi connectivity index (χ4v) is 3.65. The minimum absolute atomic E-state index is 0.0944. The van der Waals surface area contributed by atoms with Gasteiger partial charge < -0.3 is 14.6 Å². The number of aliphatic hydroxyl groups excluding tert-OH is 1. The van der Waals surface area contributed by atoms with Gasteiger partial charge in [-0.05, 0) is 31.9 Å². The number of rotatable bonds is 6. The summed E-state index contributed by atoms with van der Waals surface area (Å²) >= 11 is 0. The van der Waals surface area contributed by atoms with Gasteiger partial charge in [-0.25, -0.2) is 9.67 Å². The van der Waals surface area contributed by atoms with E-state index in [0.717, 1.165) is 31.4 Å². The van der Waals surface area contributed by atoms with Crippen LogP contribution < -0.4 is 4.74 Å². The van der Waals surface area contributed by atoms with Crippen LogP contribution in [0.5, 0.6) is 5.75 Å². The number of nitrogens with zero attached hydrogens (tertiary/aromatic N) is 4. The van der Waals surface area contributed by atoms with Gasteiger partial charge in [-0.3, -0.25) is 4.79 Å². The SMILES string of the molecule is COC(=O)[C@H]1CCCC[C@@H]1COc1ccc(-c2nnn(C)c2CO)nc1C. The summed E-state index contributed by atoms with van der Waals surface area (Å²) in [5, 5.41) is 17.5. The minimum Gasteiger partial charge on any atom is -0.491 e. The number of methoxy groups -OCH3 is 1. The lowest BCUT2D eigenvalue weighted by Crippen LogP contribution is -2.32. The molecule has 2 atom stereocenters. The lowest BCUT2D eigenvalue weighted by Gasteiger charge is -2.29. The van der Waals surface area contributed by atoms with Crippen molar-refractivity contribution < 1.29 is 19.4 Å². The zero-order valence-electron chi connectivity index (χ0n) is 16.0. The number of hydrogen-bond acceptors (Lipinski definition) is 7. The molecule has 1 fully saturated rings. The van der Waals surface area contributed by atoms with Crippen molar-refractivity contribution in [3.8, 4) is 17.1 Å². The van der Waals surface area contributed by atoms with Crippen molar-refractivity contribution >= 4 is 5.97 Å². The maximum atomic E-state index is 12.0. The van der Waals surface area contributed by atoms with Crippen molar-refractivity contribution in [3.05, 3.63) is 23.5 Å². The van der Waals surface area contributed by atoms with Crippen molar-refractivity contribution in [1.29, 1.82) is 0 Å². The lowest BCUT2D eigenvalue weighted by atomic mass is 9.80. The molecular formula is C19H26N4O4. The molecule has 2 heterocycles. The summed E-state index contributed by atoms with van der Waals surface area (Å²) in [5.74, 6) is 0.601. The molecule has 146 valence electrons. The predicted octanol–water partition coefficient (Wildman–Crippen LogP) is 2.04. The topological polar surface area (TPSA) is 99.4 Å². The highest BCUT2D eigenvalue weighted by molar-refractivity contribution is 5.72. The molecule has 1 aliphatic carbocycles. The van der Waals surface area contributed by atoms with Gasteiger partial charge in [0, 0.05) is 13.0 Å². The van der Waals surface area contributed by atoms with E-state index in [9.17, 15) is 9.90 Å². The number of aliphatic hydroxyl groups is 1. The fourth-order valence-electron chi connectivity index (χ4n) is 3.65. The second-order valence-corrected chi connectivity index (χ2v) is 6.93. The Bertz CT molecular complexity index is 805. The molecule has 0 aliphatic heterocycles. The largest absolute Gasteiger partial charge is 0.491 e. The molecule has 8 nitrogen and oxygen atoms in total. The number of aromatic nitrogens is 4. The van der Waals surface area contributed by atoms with Gasteiger partial charge in [0.1, 0.15) is 11.4 Å². The second-order valence-electron chi connectivity index (χ2n) is 6.93. The molecular weight excluding hydrogens is 348 g/mol. The molecule has 0 aromatic carbocycles. The first kappa shape index (κ1) is 19.3. The van der Waals surface area contributed by atoms with Crippen LogP contribution in [0.25, 0.3) is 11.4 Å². The molecule has 1 saturated carbocycles. The average molecular weight is 374 g/mol. The first-order valence-electron chi connectivity index (χ1n) is 9.23. The minimum atomic E-state index is -0.158. The van der Waals surface area contributed by atoms with Gasteiger partial charge in [-0.15, -0.1) is 5.10 Å². The van der Waals surface area contributed by atoms with Crippen LogP contribution >= 0.6 is 0 Å². The van der Waals surface area contributed by atoms with E-state index in [2.05, 4.69) is 15.3 Å². The first-order valence-corrected chi connectivity index (χ1v) is 9.23. The third kappa shape index (κ3) is 4.10. The van der Waals surface area contributed by atoms with Crippen molar-refractivity contribution in [3.63, 3.8) is 0 Å². The zero-order valence-corrected chi connectivity index (χ0v) is 16.0. The van der Waals surface area contributed by atoms with Crippen LogP contribution in [-0.2, 0) is 23.2 Å². The average Bonchev–Trinajstić information content (AvgIpc) is 3.07. The smallest absolute Gasteiger partial charge is 0.309 e. The fraction of sp³-hybridized carbons (Fsp3) is 0.579. The van der Waals surface area contributed by atoms with Gasteiger partial charge in [-0.1, -0.05) is 18.1 Å². The first-order chi connectivity index (χ1) is 13.0. The van der Waals surface area contributed by atoms with Crippen LogP contribution in [-0.4, -0.2) is 44.8 Å². The van der Waals surface area contributed by atoms with Crippen LogP contribution in [0.15, 0.2) is 12.1 Å². The molecule has 2 aromatic rings. The molecule has 0 amide bonds. The third-order valence-electron chi connectivity index (χ3n) is 5.24. The number of pyridine rings is 1. The van der Waals surface area contributed by atoms with Crippen molar-refractivity contribution in [2.75, 3.05) is 13.7 Å². The Labute approximate surface area is 158 Å². The quantitative estimate of drug-likeness (QED) is 0.772. The van der Waals surface area contributed by atoms with E-state index in [1.165, 1.54) is 11.8 Å². The molecule has 0 saturated heterocycles. The zero-order chi connectivity index (χ0) is 19.4. The maximum Gasteiger partial charge on any atom is 0.309 e. The van der Waals surface area contributed by atoms with Gasteiger partial charge in [0.25, 0.3) is 0 Å². The highest BCUT2D eigenvalue weighted by Gasteiger charge is 2.32. The van der Waals surface area contributed by atoms with Gasteiger partial charge >= 0.3 is 5.97 Å². The summed E-state index contributed by atoms with van der Waals surface area (Å²) in [4.78, 5) is 16.5. The number of carbonyl (C=O) groups is 1. The Kier molecular flexibility index (Phi) is 6.05. The van der Waals surface area contributed by atoms with Gasteiger partial charge in [0.15, 0.2) is 0 Å². The highest BCUT2D eigenvalue weighted by Crippen LogP contribution is 2.32. The van der Waals surface area contributed by atoms with Crippen LogP contribution in [0.3, 0.4) is 0 Å². The second kappa shape index (κ2) is 8.47. The molecule has 8 heteroatoms. The molecule has 0 bridgehead atoms. The van der Waals surface area contributed by atoms with Crippen LogP contribution in [0.2, 0.25) is 0 Å². The number of hydrogen-bond donors (Lipinski definition) is 1. The summed E-state index contributed by atoms with van der Waals surface area (Å²) in [7, 11) is 3.17. The molecule has 27 heavy (non-hydrogen) atoms. The maximum absolute atomic E-state index is 12.0. The normalized spacial score (nSPS) is 19.7. The summed E-state index contributed by atoms with van der Waals surface area (Å²) in [6.45, 7) is 2.18. The Morgan fingerprint density at radius 1 is 1.33 bits per heavy atom. The summed E-state index contributed by atoms with van der Waals surface area (Å²) in [6, 6.07) is 3.66. The Balaban J connectivity index is 1.72. The number of ether oxygens (including phenoxy) is 2. The van der Waals surface area contributed by atoms with Crippen LogP contribution in [0, 0.1) is 18.8 Å².